The first-order chi connectivity index (χ1) is 5.41. The van der Waals surface area contributed by atoms with E-state index >= 15 is 0 Å². The van der Waals surface area contributed by atoms with Gasteiger partial charge in [-0.05, 0) is 28.1 Å². The van der Waals surface area contributed by atoms with Crippen LogP contribution in [0.25, 0.3) is 0 Å². The van der Waals surface area contributed by atoms with Gasteiger partial charge in [0.25, 0.3) is 0 Å². The van der Waals surface area contributed by atoms with Crippen molar-refractivity contribution in [3.63, 3.8) is 0 Å². The first-order valence-electron chi connectivity index (χ1n) is 2.84. The first kappa shape index (κ1) is 9.85. The number of pyridine rings is 1. The van der Waals surface area contributed by atoms with E-state index in [1.165, 1.54) is 6.07 Å². The van der Waals surface area contributed by atoms with E-state index in [9.17, 15) is 13.2 Å². The van der Waals surface area contributed by atoms with E-state index in [0.717, 1.165) is 6.07 Å². The number of alkyl halides is 3. The minimum Gasteiger partial charge on any atom is -0.235 e. The number of thiol groups is 1. The average Bonchev–Trinajstić information content (AvgIpc) is 1.92. The normalized spacial score (nSPS) is 11.8. The molecule has 0 amide bonds. The molecule has 0 N–H and O–H groups in total. The fraction of sp³-hybridized carbons (Fsp3) is 0.167. The Morgan fingerprint density at radius 3 is 2.33 bits per heavy atom. The largest absolute Gasteiger partial charge is 0.433 e. The van der Waals surface area contributed by atoms with Crippen molar-refractivity contribution in [2.75, 3.05) is 0 Å². The number of hydrogen-bond acceptors (Lipinski definition) is 2. The zero-order valence-electron chi connectivity index (χ0n) is 5.56. The summed E-state index contributed by atoms with van der Waals surface area (Å²) in [5.41, 5.74) is -0.924. The third-order valence-corrected chi connectivity index (χ3v) is 2.39. The highest BCUT2D eigenvalue weighted by Crippen LogP contribution is 2.30. The second-order valence-corrected chi connectivity index (χ2v) is 3.24. The molecule has 0 radical (unpaired) electrons. The van der Waals surface area contributed by atoms with E-state index < -0.39 is 11.9 Å². The predicted octanol–water partition coefficient (Wildman–Crippen LogP) is 3.15. The second-order valence-electron chi connectivity index (χ2n) is 2.00. The van der Waals surface area contributed by atoms with E-state index in [2.05, 4.69) is 33.5 Å². The molecular weight excluding hydrogens is 255 g/mol. The molecule has 6 heteroatoms. The van der Waals surface area contributed by atoms with E-state index in [1.807, 2.05) is 0 Å². The molecule has 0 saturated heterocycles. The molecule has 0 bridgehead atoms. The van der Waals surface area contributed by atoms with Gasteiger partial charge in [-0.25, -0.2) is 4.98 Å². The maximum absolute atomic E-state index is 12.0. The standard InChI is InChI=1S/C6H3BrF3NS/c7-5-3(12)1-2-4(11-5)6(8,9)10/h1-2,12H. The zero-order chi connectivity index (χ0) is 9.35. The van der Waals surface area contributed by atoms with Crippen molar-refractivity contribution in [2.45, 2.75) is 11.1 Å². The molecule has 12 heavy (non-hydrogen) atoms. The monoisotopic (exact) mass is 257 g/mol. The summed E-state index contributed by atoms with van der Waals surface area (Å²) >= 11 is 6.72. The van der Waals surface area contributed by atoms with E-state index in [-0.39, 0.29) is 4.60 Å². The Morgan fingerprint density at radius 1 is 1.33 bits per heavy atom. The Labute approximate surface area is 80.5 Å². The van der Waals surface area contributed by atoms with Crippen LogP contribution >= 0.6 is 28.6 Å². The van der Waals surface area contributed by atoms with Crippen LogP contribution in [-0.2, 0) is 6.18 Å². The lowest BCUT2D eigenvalue weighted by molar-refractivity contribution is -0.141. The van der Waals surface area contributed by atoms with Crippen molar-refractivity contribution in [2.24, 2.45) is 0 Å². The number of hydrogen-bond donors (Lipinski definition) is 1. The second kappa shape index (κ2) is 3.26. The number of nitrogens with zero attached hydrogens (tertiary/aromatic N) is 1. The van der Waals surface area contributed by atoms with Crippen LogP contribution in [0.15, 0.2) is 21.6 Å². The van der Waals surface area contributed by atoms with Crippen molar-refractivity contribution in [3.8, 4) is 0 Å². The zero-order valence-corrected chi connectivity index (χ0v) is 8.04. The van der Waals surface area contributed by atoms with E-state index in [1.54, 1.807) is 0 Å². The van der Waals surface area contributed by atoms with Crippen LogP contribution in [0, 0.1) is 0 Å². The first-order valence-corrected chi connectivity index (χ1v) is 4.08. The Kier molecular flexibility index (Phi) is 2.67. The number of rotatable bonds is 0. The molecule has 1 aromatic heterocycles. The van der Waals surface area contributed by atoms with Crippen LogP contribution in [0.2, 0.25) is 0 Å². The van der Waals surface area contributed by atoms with Gasteiger partial charge in [0, 0.05) is 4.90 Å². The third kappa shape index (κ3) is 2.13. The van der Waals surface area contributed by atoms with Gasteiger partial charge in [0.15, 0.2) is 0 Å². The summed E-state index contributed by atoms with van der Waals surface area (Å²) in [5, 5.41) is 0. The summed E-state index contributed by atoms with van der Waals surface area (Å²) in [4.78, 5) is 3.64. The SMILES string of the molecule is FC(F)(F)c1ccc(S)c(Br)n1. The molecule has 1 nitrogen and oxygen atoms in total. The van der Waals surface area contributed by atoms with Crippen LogP contribution in [0.3, 0.4) is 0 Å². The van der Waals surface area contributed by atoms with Gasteiger partial charge in [0.1, 0.15) is 10.3 Å². The molecule has 0 aromatic carbocycles. The molecule has 0 atom stereocenters. The summed E-state index contributed by atoms with van der Waals surface area (Å²) in [6, 6.07) is 2.12. The van der Waals surface area contributed by atoms with E-state index in [0.29, 0.717) is 4.90 Å². The minimum atomic E-state index is -4.40. The van der Waals surface area contributed by atoms with Crippen LogP contribution in [-0.4, -0.2) is 4.98 Å². The lowest BCUT2D eigenvalue weighted by Gasteiger charge is -2.05. The van der Waals surface area contributed by atoms with Crippen molar-refractivity contribution >= 4 is 28.6 Å². The molecule has 1 aromatic rings. The molecule has 0 saturated carbocycles. The van der Waals surface area contributed by atoms with Crippen molar-refractivity contribution < 1.29 is 13.2 Å². The molecule has 0 unspecified atom stereocenters. The number of aromatic nitrogens is 1. The molecule has 0 fully saturated rings. The fourth-order valence-electron chi connectivity index (χ4n) is 0.585. The average molecular weight is 258 g/mol. The van der Waals surface area contributed by atoms with Gasteiger partial charge in [-0.1, -0.05) is 0 Å². The van der Waals surface area contributed by atoms with Crippen molar-refractivity contribution in [1.82, 2.24) is 4.98 Å². The Bertz CT molecular complexity index is 299. The summed E-state index contributed by atoms with van der Waals surface area (Å²) in [6.07, 6.45) is -4.40. The Morgan fingerprint density at radius 2 is 1.92 bits per heavy atom. The molecule has 66 valence electrons. The van der Waals surface area contributed by atoms with Crippen LogP contribution in [0.1, 0.15) is 5.69 Å². The lowest BCUT2D eigenvalue weighted by Crippen LogP contribution is -2.07. The highest BCUT2D eigenvalue weighted by molar-refractivity contribution is 9.10. The molecular formula is C6H3BrF3NS. The summed E-state index contributed by atoms with van der Waals surface area (Å²) in [7, 11) is 0. The highest BCUT2D eigenvalue weighted by atomic mass is 79.9. The van der Waals surface area contributed by atoms with Gasteiger partial charge in [-0.15, -0.1) is 12.6 Å². The van der Waals surface area contributed by atoms with Gasteiger partial charge in [0.2, 0.25) is 0 Å². The number of halogens is 4. The van der Waals surface area contributed by atoms with Gasteiger partial charge in [-0.2, -0.15) is 13.2 Å². The van der Waals surface area contributed by atoms with Crippen LogP contribution in [0.5, 0.6) is 0 Å². The minimum absolute atomic E-state index is 0.0978. The molecule has 0 aliphatic heterocycles. The summed E-state index contributed by atoms with van der Waals surface area (Å²) in [5.74, 6) is 0. The van der Waals surface area contributed by atoms with Crippen molar-refractivity contribution in [3.05, 3.63) is 22.4 Å². The summed E-state index contributed by atoms with van der Waals surface area (Å²) in [6.45, 7) is 0. The summed E-state index contributed by atoms with van der Waals surface area (Å²) < 4.78 is 36.1. The molecule has 1 rings (SSSR count). The third-order valence-electron chi connectivity index (χ3n) is 1.12. The maximum atomic E-state index is 12.0. The van der Waals surface area contributed by atoms with Crippen LogP contribution < -0.4 is 0 Å². The Balaban J connectivity index is 3.14. The molecule has 1 heterocycles. The van der Waals surface area contributed by atoms with Gasteiger partial charge < -0.3 is 0 Å². The lowest BCUT2D eigenvalue weighted by atomic mass is 10.3. The topological polar surface area (TPSA) is 12.9 Å². The predicted molar refractivity (Wildman–Crippen MR) is 44.2 cm³/mol. The van der Waals surface area contributed by atoms with Gasteiger partial charge >= 0.3 is 6.18 Å². The smallest absolute Gasteiger partial charge is 0.235 e. The maximum Gasteiger partial charge on any atom is 0.433 e. The Hall–Kier alpha value is -0.230. The van der Waals surface area contributed by atoms with Gasteiger partial charge in [0.05, 0.1) is 0 Å². The van der Waals surface area contributed by atoms with E-state index in [4.69, 9.17) is 0 Å². The molecule has 0 aliphatic rings. The quantitative estimate of drug-likeness (QED) is 0.557. The van der Waals surface area contributed by atoms with Crippen LogP contribution in [0.4, 0.5) is 13.2 Å². The highest BCUT2D eigenvalue weighted by Gasteiger charge is 2.32. The molecule has 0 aliphatic carbocycles. The molecule has 0 spiro atoms. The van der Waals surface area contributed by atoms with Crippen molar-refractivity contribution in [1.29, 1.82) is 0 Å². The van der Waals surface area contributed by atoms with Gasteiger partial charge in [-0.3, -0.25) is 0 Å². The fourth-order valence-corrected chi connectivity index (χ4v) is 1.03.